The van der Waals surface area contributed by atoms with Crippen LogP contribution in [0.25, 0.3) is 0 Å². The van der Waals surface area contributed by atoms with Crippen molar-refractivity contribution >= 4 is 13.7 Å². The van der Waals surface area contributed by atoms with Gasteiger partial charge in [0.2, 0.25) is 0 Å². The number of ether oxygens (including phenoxy) is 1. The third-order valence-corrected chi connectivity index (χ3v) is 3.18. The second kappa shape index (κ2) is 3.75. The summed E-state index contributed by atoms with van der Waals surface area (Å²) in [4.78, 5) is 28.8. The molecule has 0 unspecified atom stereocenters. The third kappa shape index (κ3) is 2.28. The summed E-state index contributed by atoms with van der Waals surface area (Å²) in [5.74, 6) is -0.583. The largest absolute Gasteiger partial charge is 0.468 e. The number of nitrogens with zero attached hydrogens (tertiary/aromatic N) is 1. The second-order valence-corrected chi connectivity index (χ2v) is 4.40. The van der Waals surface area contributed by atoms with Crippen molar-refractivity contribution in [1.82, 2.24) is 4.67 Å². The van der Waals surface area contributed by atoms with Crippen LogP contribution in [0.3, 0.4) is 0 Å². The van der Waals surface area contributed by atoms with E-state index in [1.54, 1.807) is 0 Å². The Morgan fingerprint density at radius 1 is 1.62 bits per heavy atom. The van der Waals surface area contributed by atoms with Crippen molar-refractivity contribution in [2.75, 3.05) is 13.7 Å². The lowest BCUT2D eigenvalue weighted by molar-refractivity contribution is -0.144. The molecular weight excluding hydrogens is 197 g/mol. The zero-order valence-electron chi connectivity index (χ0n) is 7.21. The topological polar surface area (TPSA) is 87.1 Å². The van der Waals surface area contributed by atoms with E-state index in [2.05, 4.69) is 4.74 Å². The number of rotatable bonds is 2. The molecular formula is C6H12NO5P. The first-order valence-electron chi connectivity index (χ1n) is 3.87. The van der Waals surface area contributed by atoms with Crippen LogP contribution in [-0.2, 0) is 14.1 Å². The van der Waals surface area contributed by atoms with Gasteiger partial charge in [-0.2, -0.15) is 4.67 Å². The molecule has 1 saturated heterocycles. The van der Waals surface area contributed by atoms with E-state index in [0.717, 1.165) is 4.67 Å². The van der Waals surface area contributed by atoms with Gasteiger partial charge in [-0.3, -0.25) is 4.79 Å². The highest BCUT2D eigenvalue weighted by atomic mass is 31.2. The first-order chi connectivity index (χ1) is 5.96. The summed E-state index contributed by atoms with van der Waals surface area (Å²) >= 11 is 0. The molecule has 6 nitrogen and oxygen atoms in total. The molecule has 0 aromatic carbocycles. The van der Waals surface area contributed by atoms with Crippen LogP contribution in [0, 0.1) is 0 Å². The van der Waals surface area contributed by atoms with Crippen molar-refractivity contribution < 1.29 is 23.9 Å². The molecule has 0 saturated carbocycles. The van der Waals surface area contributed by atoms with E-state index in [4.69, 9.17) is 9.79 Å². The molecule has 1 rings (SSSR count). The summed E-state index contributed by atoms with van der Waals surface area (Å²) in [6, 6.07) is -0.786. The summed E-state index contributed by atoms with van der Waals surface area (Å²) in [7, 11) is -3.10. The summed E-state index contributed by atoms with van der Waals surface area (Å²) < 4.78 is 16.2. The quantitative estimate of drug-likeness (QED) is 0.480. The van der Waals surface area contributed by atoms with E-state index in [9.17, 15) is 9.36 Å². The van der Waals surface area contributed by atoms with Crippen LogP contribution >= 0.6 is 7.75 Å². The Balaban J connectivity index is 2.75. The lowest BCUT2D eigenvalue weighted by Gasteiger charge is -2.22. The Kier molecular flexibility index (Phi) is 3.08. The molecule has 1 aliphatic heterocycles. The maximum Gasteiger partial charge on any atom is 0.403 e. The zero-order chi connectivity index (χ0) is 10.1. The number of methoxy groups -OCH3 is 1. The van der Waals surface area contributed by atoms with Crippen molar-refractivity contribution in [1.29, 1.82) is 0 Å². The molecule has 0 bridgehead atoms. The third-order valence-electron chi connectivity index (χ3n) is 2.03. The summed E-state index contributed by atoms with van der Waals surface area (Å²) in [6.45, 7) is 0.240. The van der Waals surface area contributed by atoms with Gasteiger partial charge in [0.15, 0.2) is 0 Å². The van der Waals surface area contributed by atoms with E-state index in [1.165, 1.54) is 7.11 Å². The normalized spacial score (nSPS) is 24.7. The van der Waals surface area contributed by atoms with Crippen molar-refractivity contribution in [3.05, 3.63) is 0 Å². The monoisotopic (exact) mass is 209 g/mol. The number of esters is 1. The van der Waals surface area contributed by atoms with Gasteiger partial charge in [-0.1, -0.05) is 0 Å². The van der Waals surface area contributed by atoms with Gasteiger partial charge in [0, 0.05) is 6.54 Å². The highest BCUT2D eigenvalue weighted by Crippen LogP contribution is 2.45. The molecule has 1 atom stereocenters. The van der Waals surface area contributed by atoms with Gasteiger partial charge in [0.25, 0.3) is 0 Å². The molecule has 76 valence electrons. The SMILES string of the molecule is COC(=O)[C@@H]1CCCN1P(=O)(O)O. The van der Waals surface area contributed by atoms with Gasteiger partial charge in [0.1, 0.15) is 6.04 Å². The molecule has 1 aliphatic rings. The molecule has 0 radical (unpaired) electrons. The van der Waals surface area contributed by atoms with Crippen molar-refractivity contribution in [2.24, 2.45) is 0 Å². The minimum absolute atomic E-state index is 0.240. The number of hydrogen-bond donors (Lipinski definition) is 2. The van der Waals surface area contributed by atoms with Gasteiger partial charge < -0.3 is 14.5 Å². The van der Waals surface area contributed by atoms with E-state index in [0.29, 0.717) is 12.8 Å². The van der Waals surface area contributed by atoms with Crippen molar-refractivity contribution in [3.63, 3.8) is 0 Å². The van der Waals surface area contributed by atoms with Crippen LogP contribution in [0.4, 0.5) is 0 Å². The predicted molar refractivity (Wildman–Crippen MR) is 43.8 cm³/mol. The molecule has 0 amide bonds. The summed E-state index contributed by atoms with van der Waals surface area (Å²) in [5.41, 5.74) is 0. The van der Waals surface area contributed by atoms with Gasteiger partial charge in [-0.25, -0.2) is 4.57 Å². The molecule has 7 heteroatoms. The Bertz CT molecular complexity index is 249. The molecule has 0 aliphatic carbocycles. The maximum absolute atomic E-state index is 11.1. The minimum Gasteiger partial charge on any atom is -0.468 e. The smallest absolute Gasteiger partial charge is 0.403 e. The van der Waals surface area contributed by atoms with E-state index >= 15 is 0 Å². The molecule has 2 N–H and O–H groups in total. The van der Waals surface area contributed by atoms with Crippen molar-refractivity contribution in [2.45, 2.75) is 18.9 Å². The summed E-state index contributed by atoms with van der Waals surface area (Å²) in [5, 5.41) is 0. The second-order valence-electron chi connectivity index (χ2n) is 2.86. The van der Waals surface area contributed by atoms with Crippen LogP contribution in [0.15, 0.2) is 0 Å². The average Bonchev–Trinajstić information content (AvgIpc) is 2.49. The lowest BCUT2D eigenvalue weighted by Crippen LogP contribution is -2.34. The number of hydrogen-bond acceptors (Lipinski definition) is 3. The van der Waals surface area contributed by atoms with Crippen LogP contribution < -0.4 is 0 Å². The van der Waals surface area contributed by atoms with E-state index < -0.39 is 19.8 Å². The van der Waals surface area contributed by atoms with E-state index in [-0.39, 0.29) is 6.54 Å². The van der Waals surface area contributed by atoms with Gasteiger partial charge in [0.05, 0.1) is 7.11 Å². The highest BCUT2D eigenvalue weighted by Gasteiger charge is 2.41. The van der Waals surface area contributed by atoms with Crippen LogP contribution in [-0.4, -0.2) is 40.1 Å². The Morgan fingerprint density at radius 2 is 2.23 bits per heavy atom. The first kappa shape index (κ1) is 10.7. The molecule has 1 heterocycles. The zero-order valence-corrected chi connectivity index (χ0v) is 8.11. The van der Waals surface area contributed by atoms with Gasteiger partial charge in [-0.15, -0.1) is 0 Å². The average molecular weight is 209 g/mol. The fraction of sp³-hybridized carbons (Fsp3) is 0.833. The fourth-order valence-corrected chi connectivity index (χ4v) is 2.41. The van der Waals surface area contributed by atoms with Crippen LogP contribution in [0.5, 0.6) is 0 Å². The van der Waals surface area contributed by atoms with Crippen LogP contribution in [0.2, 0.25) is 0 Å². The lowest BCUT2D eigenvalue weighted by atomic mass is 10.2. The first-order valence-corrected chi connectivity index (χ1v) is 5.44. The number of carbonyl (C=O) groups excluding carboxylic acids is 1. The van der Waals surface area contributed by atoms with Gasteiger partial charge in [-0.05, 0) is 12.8 Å². The Morgan fingerprint density at radius 3 is 2.69 bits per heavy atom. The maximum atomic E-state index is 11.1. The standard InChI is InChI=1S/C6H12NO5P/c1-12-6(8)5-3-2-4-7(5)13(9,10)11/h5H,2-4H2,1H3,(H2,9,10,11)/t5-/m0/s1. The summed E-state index contributed by atoms with van der Waals surface area (Å²) in [6.07, 6.45) is 1.04. The highest BCUT2D eigenvalue weighted by molar-refractivity contribution is 7.49. The van der Waals surface area contributed by atoms with E-state index in [1.807, 2.05) is 0 Å². The molecule has 0 aromatic heterocycles. The van der Waals surface area contributed by atoms with Crippen LogP contribution in [0.1, 0.15) is 12.8 Å². The molecule has 0 spiro atoms. The Labute approximate surface area is 75.7 Å². The minimum atomic E-state index is -4.30. The molecule has 13 heavy (non-hydrogen) atoms. The Hall–Kier alpha value is -0.420. The molecule has 1 fully saturated rings. The fourth-order valence-electron chi connectivity index (χ4n) is 1.44. The van der Waals surface area contributed by atoms with Crippen molar-refractivity contribution in [3.8, 4) is 0 Å². The molecule has 0 aromatic rings. The predicted octanol–water partition coefficient (Wildman–Crippen LogP) is -0.284. The van der Waals surface area contributed by atoms with Gasteiger partial charge >= 0.3 is 13.7 Å². The number of carbonyl (C=O) groups is 1.